The van der Waals surface area contributed by atoms with E-state index < -0.39 is 12.1 Å². The molecule has 2 aromatic rings. The topological polar surface area (TPSA) is 71.3 Å². The second-order valence-corrected chi connectivity index (χ2v) is 6.41. The van der Waals surface area contributed by atoms with E-state index in [0.717, 1.165) is 0 Å². The first-order chi connectivity index (χ1) is 12.1. The maximum atomic E-state index is 12.5. The SMILES string of the molecule is CC(CN(C)C(C)C)NC(=O)c1ccc(-c2noc(C(F)(F)F)n2)cc1. The van der Waals surface area contributed by atoms with Gasteiger partial charge in [0.1, 0.15) is 0 Å². The molecule has 1 amide bonds. The molecule has 0 aliphatic rings. The van der Waals surface area contributed by atoms with Crippen molar-refractivity contribution in [3.8, 4) is 11.4 Å². The summed E-state index contributed by atoms with van der Waals surface area (Å²) in [4.78, 5) is 17.7. The standard InChI is InChI=1S/C17H21F3N4O2/c1-10(2)24(4)9-11(3)21-15(25)13-7-5-12(6-8-13)14-22-16(26-23-14)17(18,19)20/h5-8,10-11H,9H2,1-4H3,(H,21,25). The molecule has 0 saturated carbocycles. The molecule has 0 aliphatic carbocycles. The first-order valence-corrected chi connectivity index (χ1v) is 8.10. The summed E-state index contributed by atoms with van der Waals surface area (Å²) >= 11 is 0. The van der Waals surface area contributed by atoms with Crippen LogP contribution in [-0.4, -0.2) is 46.6 Å². The third kappa shape index (κ3) is 5.04. The van der Waals surface area contributed by atoms with E-state index >= 15 is 0 Å². The van der Waals surface area contributed by atoms with Crippen LogP contribution in [0.5, 0.6) is 0 Å². The number of carbonyl (C=O) groups is 1. The van der Waals surface area contributed by atoms with Crippen LogP contribution in [0.1, 0.15) is 37.0 Å². The van der Waals surface area contributed by atoms with Gasteiger partial charge in [-0.2, -0.15) is 18.2 Å². The summed E-state index contributed by atoms with van der Waals surface area (Å²) in [5.74, 6) is -1.85. The number of aromatic nitrogens is 2. The molecule has 26 heavy (non-hydrogen) atoms. The Labute approximate surface area is 149 Å². The molecule has 0 aliphatic heterocycles. The van der Waals surface area contributed by atoms with E-state index in [1.54, 1.807) is 0 Å². The van der Waals surface area contributed by atoms with Crippen molar-refractivity contribution >= 4 is 5.91 Å². The molecule has 1 heterocycles. The van der Waals surface area contributed by atoms with Gasteiger partial charge in [-0.1, -0.05) is 17.3 Å². The van der Waals surface area contributed by atoms with Crippen LogP contribution in [0.15, 0.2) is 28.8 Å². The van der Waals surface area contributed by atoms with Gasteiger partial charge in [-0.05, 0) is 40.0 Å². The molecule has 6 nitrogen and oxygen atoms in total. The lowest BCUT2D eigenvalue weighted by molar-refractivity contribution is -0.159. The van der Waals surface area contributed by atoms with E-state index in [1.807, 2.05) is 14.0 Å². The van der Waals surface area contributed by atoms with Gasteiger partial charge in [-0.25, -0.2) is 0 Å². The van der Waals surface area contributed by atoms with Gasteiger partial charge in [0.05, 0.1) is 0 Å². The first kappa shape index (κ1) is 19.9. The molecule has 2 rings (SSSR count). The largest absolute Gasteiger partial charge is 0.471 e. The number of benzene rings is 1. The number of amides is 1. The molecule has 1 aromatic heterocycles. The fourth-order valence-electron chi connectivity index (χ4n) is 2.22. The summed E-state index contributed by atoms with van der Waals surface area (Å²) in [5.41, 5.74) is 0.723. The van der Waals surface area contributed by atoms with Gasteiger partial charge in [-0.3, -0.25) is 4.79 Å². The Bertz CT molecular complexity index is 741. The lowest BCUT2D eigenvalue weighted by Crippen LogP contribution is -2.42. The molecule has 142 valence electrons. The molecule has 1 N–H and O–H groups in total. The molecule has 1 atom stereocenters. The van der Waals surface area contributed by atoms with Gasteiger partial charge in [0.2, 0.25) is 5.82 Å². The average molecular weight is 370 g/mol. The van der Waals surface area contributed by atoms with E-state index in [9.17, 15) is 18.0 Å². The van der Waals surface area contributed by atoms with E-state index in [2.05, 4.69) is 38.7 Å². The van der Waals surface area contributed by atoms with E-state index in [0.29, 0.717) is 23.7 Å². The number of carbonyl (C=O) groups excluding carboxylic acids is 1. The molecule has 1 aromatic carbocycles. The lowest BCUT2D eigenvalue weighted by Gasteiger charge is -2.25. The molecule has 0 saturated heterocycles. The zero-order chi connectivity index (χ0) is 19.5. The highest BCUT2D eigenvalue weighted by atomic mass is 19.4. The Hall–Kier alpha value is -2.42. The van der Waals surface area contributed by atoms with Gasteiger partial charge in [0, 0.05) is 29.8 Å². The molecule has 0 fully saturated rings. The Kier molecular flexibility index (Phi) is 6.01. The van der Waals surface area contributed by atoms with Crippen LogP contribution in [0.2, 0.25) is 0 Å². The number of nitrogens with one attached hydrogen (secondary N) is 1. The van der Waals surface area contributed by atoms with Crippen LogP contribution in [0.4, 0.5) is 13.2 Å². The predicted molar refractivity (Wildman–Crippen MR) is 89.4 cm³/mol. The third-order valence-electron chi connectivity index (χ3n) is 3.89. The van der Waals surface area contributed by atoms with Crippen molar-refractivity contribution in [2.45, 2.75) is 39.0 Å². The maximum absolute atomic E-state index is 12.5. The van der Waals surface area contributed by atoms with E-state index in [4.69, 9.17) is 0 Å². The minimum atomic E-state index is -4.69. The summed E-state index contributed by atoms with van der Waals surface area (Å²) in [6.45, 7) is 6.73. The molecule has 0 bridgehead atoms. The molecule has 9 heteroatoms. The smallest absolute Gasteiger partial charge is 0.348 e. The van der Waals surface area contributed by atoms with E-state index in [-0.39, 0.29) is 17.8 Å². The van der Waals surface area contributed by atoms with Crippen LogP contribution in [0.25, 0.3) is 11.4 Å². The fraction of sp³-hybridized carbons (Fsp3) is 0.471. The third-order valence-corrected chi connectivity index (χ3v) is 3.89. The number of hydrogen-bond donors (Lipinski definition) is 1. The van der Waals surface area contributed by atoms with Crippen molar-refractivity contribution in [2.75, 3.05) is 13.6 Å². The summed E-state index contributed by atoms with van der Waals surface area (Å²) in [7, 11) is 1.97. The molecule has 1 unspecified atom stereocenters. The molecule has 0 spiro atoms. The predicted octanol–water partition coefficient (Wildman–Crippen LogP) is 3.21. The van der Waals surface area contributed by atoms with Crippen molar-refractivity contribution in [1.29, 1.82) is 0 Å². The lowest BCUT2D eigenvalue weighted by atomic mass is 10.1. The zero-order valence-electron chi connectivity index (χ0n) is 15.0. The first-order valence-electron chi connectivity index (χ1n) is 8.10. The fourth-order valence-corrected chi connectivity index (χ4v) is 2.22. The summed E-state index contributed by atoms with van der Waals surface area (Å²) < 4.78 is 41.7. The molecular weight excluding hydrogens is 349 g/mol. The summed E-state index contributed by atoms with van der Waals surface area (Å²) in [6.07, 6.45) is -4.69. The van der Waals surface area contributed by atoms with Gasteiger partial charge in [0.15, 0.2) is 0 Å². The Morgan fingerprint density at radius 2 is 1.85 bits per heavy atom. The van der Waals surface area contributed by atoms with Crippen LogP contribution in [0.3, 0.4) is 0 Å². The second kappa shape index (κ2) is 7.86. The Morgan fingerprint density at radius 1 is 1.23 bits per heavy atom. The maximum Gasteiger partial charge on any atom is 0.471 e. The molecule has 0 radical (unpaired) electrons. The van der Waals surface area contributed by atoms with Gasteiger partial charge < -0.3 is 14.7 Å². The van der Waals surface area contributed by atoms with Crippen molar-refractivity contribution in [1.82, 2.24) is 20.4 Å². The Morgan fingerprint density at radius 3 is 2.35 bits per heavy atom. The second-order valence-electron chi connectivity index (χ2n) is 6.41. The number of alkyl halides is 3. The number of nitrogens with zero attached hydrogens (tertiary/aromatic N) is 3. The summed E-state index contributed by atoms with van der Waals surface area (Å²) in [5, 5.41) is 6.20. The highest BCUT2D eigenvalue weighted by Crippen LogP contribution is 2.29. The van der Waals surface area contributed by atoms with Crippen molar-refractivity contribution in [3.05, 3.63) is 35.7 Å². The quantitative estimate of drug-likeness (QED) is 0.845. The number of likely N-dealkylation sites (N-methyl/N-ethyl adjacent to an activating group) is 1. The highest BCUT2D eigenvalue weighted by molar-refractivity contribution is 5.94. The highest BCUT2D eigenvalue weighted by Gasteiger charge is 2.38. The number of hydrogen-bond acceptors (Lipinski definition) is 5. The minimum Gasteiger partial charge on any atom is -0.348 e. The number of rotatable bonds is 6. The normalized spacial score (nSPS) is 13.3. The van der Waals surface area contributed by atoms with Gasteiger partial charge >= 0.3 is 12.1 Å². The average Bonchev–Trinajstić information content (AvgIpc) is 3.05. The Balaban J connectivity index is 2.02. The van der Waals surface area contributed by atoms with Crippen molar-refractivity contribution in [3.63, 3.8) is 0 Å². The number of halogens is 3. The van der Waals surface area contributed by atoms with Crippen LogP contribution >= 0.6 is 0 Å². The summed E-state index contributed by atoms with van der Waals surface area (Å²) in [6, 6.07) is 6.28. The van der Waals surface area contributed by atoms with Crippen LogP contribution in [-0.2, 0) is 6.18 Å². The van der Waals surface area contributed by atoms with Crippen molar-refractivity contribution < 1.29 is 22.5 Å². The van der Waals surface area contributed by atoms with E-state index in [1.165, 1.54) is 24.3 Å². The van der Waals surface area contributed by atoms with Crippen LogP contribution in [0, 0.1) is 0 Å². The van der Waals surface area contributed by atoms with Crippen molar-refractivity contribution in [2.24, 2.45) is 0 Å². The van der Waals surface area contributed by atoms with Crippen LogP contribution < -0.4 is 5.32 Å². The minimum absolute atomic E-state index is 0.0545. The van der Waals surface area contributed by atoms with Gasteiger partial charge in [0.25, 0.3) is 5.91 Å². The van der Waals surface area contributed by atoms with Gasteiger partial charge in [-0.15, -0.1) is 0 Å². The monoisotopic (exact) mass is 370 g/mol. The zero-order valence-corrected chi connectivity index (χ0v) is 15.0. The molecular formula is C17H21F3N4O2.